The molecule has 4 aromatic carbocycles. The SMILES string of the molecule is COc1cc(N=Nc2cccc(S(=O)(=O)O)c2)ccc1Nc1nc(N)nc(Nc2ccc(N=Nc3cccc(S(=O)(=O)O)c3)cc2OC)n1. The van der Waals surface area contributed by atoms with Crippen LogP contribution in [0.1, 0.15) is 0 Å². The summed E-state index contributed by atoms with van der Waals surface area (Å²) in [4.78, 5) is 12.0. The first-order valence-electron chi connectivity index (χ1n) is 13.7. The second kappa shape index (κ2) is 14.4. The molecule has 0 bridgehead atoms. The Labute approximate surface area is 279 Å². The Bertz CT molecular complexity index is 2150. The molecule has 0 aliphatic heterocycles. The molecule has 0 amide bonds. The van der Waals surface area contributed by atoms with Crippen LogP contribution in [0.2, 0.25) is 0 Å². The summed E-state index contributed by atoms with van der Waals surface area (Å²) in [5, 5.41) is 22.3. The molecule has 20 heteroatoms. The van der Waals surface area contributed by atoms with Crippen LogP contribution in [-0.4, -0.2) is 55.1 Å². The lowest BCUT2D eigenvalue weighted by atomic mass is 10.2. The number of rotatable bonds is 12. The van der Waals surface area contributed by atoms with Gasteiger partial charge in [0.05, 0.1) is 58.1 Å². The first-order valence-corrected chi connectivity index (χ1v) is 16.6. The molecule has 1 heterocycles. The van der Waals surface area contributed by atoms with Gasteiger partial charge in [0.1, 0.15) is 11.5 Å². The highest BCUT2D eigenvalue weighted by Gasteiger charge is 2.13. The predicted molar refractivity (Wildman–Crippen MR) is 178 cm³/mol. The van der Waals surface area contributed by atoms with Crippen LogP contribution in [0.4, 0.5) is 52.0 Å². The number of hydrogen-bond donors (Lipinski definition) is 5. The summed E-state index contributed by atoms with van der Waals surface area (Å²) in [5.74, 6) is 0.718. The van der Waals surface area contributed by atoms with Gasteiger partial charge in [0.15, 0.2) is 0 Å². The van der Waals surface area contributed by atoms with Crippen LogP contribution in [0.5, 0.6) is 11.5 Å². The third-order valence-electron chi connectivity index (χ3n) is 6.31. The number of benzene rings is 4. The van der Waals surface area contributed by atoms with Crippen molar-refractivity contribution < 1.29 is 35.4 Å². The van der Waals surface area contributed by atoms with E-state index in [-0.39, 0.29) is 39.0 Å². The van der Waals surface area contributed by atoms with Crippen molar-refractivity contribution in [1.82, 2.24) is 15.0 Å². The summed E-state index contributed by atoms with van der Waals surface area (Å²) in [6, 6.07) is 20.3. The average molecular weight is 707 g/mol. The van der Waals surface area contributed by atoms with E-state index in [2.05, 4.69) is 46.0 Å². The van der Waals surface area contributed by atoms with Gasteiger partial charge in [-0.1, -0.05) is 12.1 Å². The largest absolute Gasteiger partial charge is 0.494 e. The molecule has 18 nitrogen and oxygen atoms in total. The fourth-order valence-corrected chi connectivity index (χ4v) is 5.12. The monoisotopic (exact) mass is 706 g/mol. The quantitative estimate of drug-likeness (QED) is 0.0706. The standard InChI is InChI=1S/C29H26N10O8S2/c1-46-25-15-19(38-36-17-5-3-7-21(13-17)48(40,41)42)9-11-23(25)31-28-33-27(30)34-29(35-28)32-24-12-10-20(16-26(24)47-2)39-37-18-6-4-8-22(14-18)49(43,44)45/h3-16H,1-2H3,(H,40,41,42)(H,43,44,45)(H4,30,31,32,33,34,35). The molecule has 1 aromatic heterocycles. The topological polar surface area (TPSA) is 265 Å². The van der Waals surface area contributed by atoms with Gasteiger partial charge in [-0.05, 0) is 60.7 Å². The number of azo groups is 2. The van der Waals surface area contributed by atoms with E-state index in [1.165, 1.54) is 62.8 Å². The summed E-state index contributed by atoms with van der Waals surface area (Å²) in [5.41, 5.74) is 8.00. The van der Waals surface area contributed by atoms with Crippen LogP contribution in [0.3, 0.4) is 0 Å². The second-order valence-corrected chi connectivity index (χ2v) is 12.5. The summed E-state index contributed by atoms with van der Waals surface area (Å²) < 4.78 is 75.1. The van der Waals surface area contributed by atoms with Crippen LogP contribution < -0.4 is 25.8 Å². The number of aromatic nitrogens is 3. The fraction of sp³-hybridized carbons (Fsp3) is 0.0690. The minimum atomic E-state index is -4.39. The second-order valence-electron chi connectivity index (χ2n) is 9.70. The van der Waals surface area contributed by atoms with Crippen molar-refractivity contribution in [3.8, 4) is 11.5 Å². The Hall–Kier alpha value is -6.09. The van der Waals surface area contributed by atoms with Crippen molar-refractivity contribution in [2.75, 3.05) is 30.6 Å². The third kappa shape index (κ3) is 9.04. The number of methoxy groups -OCH3 is 2. The van der Waals surface area contributed by atoms with Crippen LogP contribution >= 0.6 is 0 Å². The Kier molecular flexibility index (Phi) is 10.0. The first-order chi connectivity index (χ1) is 23.3. The van der Waals surface area contributed by atoms with E-state index in [0.29, 0.717) is 34.2 Å². The van der Waals surface area contributed by atoms with Gasteiger partial charge in [0.25, 0.3) is 20.2 Å². The zero-order valence-corrected chi connectivity index (χ0v) is 27.1. The van der Waals surface area contributed by atoms with Gasteiger partial charge < -0.3 is 25.8 Å². The Morgan fingerprint density at radius 3 is 1.35 bits per heavy atom. The van der Waals surface area contributed by atoms with Gasteiger partial charge in [-0.15, -0.1) is 0 Å². The molecule has 5 rings (SSSR count). The molecule has 0 atom stereocenters. The van der Waals surface area contributed by atoms with Crippen molar-refractivity contribution >= 4 is 72.2 Å². The molecule has 0 unspecified atom stereocenters. The van der Waals surface area contributed by atoms with E-state index >= 15 is 0 Å². The van der Waals surface area contributed by atoms with Crippen LogP contribution in [-0.2, 0) is 20.2 Å². The van der Waals surface area contributed by atoms with Crippen LogP contribution in [0.25, 0.3) is 0 Å². The van der Waals surface area contributed by atoms with Crippen LogP contribution in [0.15, 0.2) is 115 Å². The molecule has 0 aliphatic rings. The zero-order chi connectivity index (χ0) is 35.2. The van der Waals surface area contributed by atoms with E-state index in [4.69, 9.17) is 15.2 Å². The number of hydrogen-bond acceptors (Lipinski definition) is 16. The maximum atomic E-state index is 11.4. The number of nitrogens with zero attached hydrogens (tertiary/aromatic N) is 7. The lowest BCUT2D eigenvalue weighted by Crippen LogP contribution is -2.07. The lowest BCUT2D eigenvalue weighted by Gasteiger charge is -2.13. The van der Waals surface area contributed by atoms with Crippen molar-refractivity contribution in [1.29, 1.82) is 0 Å². The highest BCUT2D eigenvalue weighted by atomic mass is 32.2. The molecule has 0 saturated carbocycles. The van der Waals surface area contributed by atoms with Gasteiger partial charge in [-0.25, -0.2) is 0 Å². The van der Waals surface area contributed by atoms with E-state index in [9.17, 15) is 25.9 Å². The summed E-state index contributed by atoms with van der Waals surface area (Å²) >= 11 is 0. The van der Waals surface area contributed by atoms with E-state index in [1.807, 2.05) is 0 Å². The Balaban J connectivity index is 1.32. The molecule has 0 spiro atoms. The average Bonchev–Trinajstić information content (AvgIpc) is 3.06. The van der Waals surface area contributed by atoms with Gasteiger partial charge in [-0.3, -0.25) is 9.11 Å². The van der Waals surface area contributed by atoms with Crippen LogP contribution in [0, 0.1) is 0 Å². The van der Waals surface area contributed by atoms with E-state index in [0.717, 1.165) is 0 Å². The van der Waals surface area contributed by atoms with Gasteiger partial charge >= 0.3 is 0 Å². The number of nitrogen functional groups attached to an aromatic ring is 1. The lowest BCUT2D eigenvalue weighted by molar-refractivity contribution is 0.417. The highest BCUT2D eigenvalue weighted by Crippen LogP contribution is 2.34. The van der Waals surface area contributed by atoms with E-state index < -0.39 is 20.2 Å². The molecule has 252 valence electrons. The number of ether oxygens (including phenoxy) is 2. The molecule has 6 N–H and O–H groups in total. The van der Waals surface area contributed by atoms with Gasteiger partial charge in [0, 0.05) is 12.1 Å². The van der Waals surface area contributed by atoms with Crippen molar-refractivity contribution in [2.24, 2.45) is 20.5 Å². The highest BCUT2D eigenvalue weighted by molar-refractivity contribution is 7.86. The number of nitrogens with two attached hydrogens (primary N) is 1. The van der Waals surface area contributed by atoms with Crippen molar-refractivity contribution in [3.05, 3.63) is 84.9 Å². The molecule has 49 heavy (non-hydrogen) atoms. The number of nitrogens with one attached hydrogen (secondary N) is 2. The molecule has 5 aromatic rings. The summed E-state index contributed by atoms with van der Waals surface area (Å²) in [7, 11) is -5.90. The van der Waals surface area contributed by atoms with Gasteiger partial charge in [0.2, 0.25) is 17.8 Å². The molecule has 0 fully saturated rings. The molecule has 0 saturated heterocycles. The van der Waals surface area contributed by atoms with Gasteiger partial charge in [-0.2, -0.15) is 52.2 Å². The smallest absolute Gasteiger partial charge is 0.294 e. The molecular weight excluding hydrogens is 681 g/mol. The molecule has 0 radical (unpaired) electrons. The summed E-state index contributed by atoms with van der Waals surface area (Å²) in [6.07, 6.45) is 0. The normalized spacial score (nSPS) is 11.9. The number of anilines is 5. The maximum Gasteiger partial charge on any atom is 0.294 e. The first kappa shape index (κ1) is 34.3. The van der Waals surface area contributed by atoms with E-state index in [1.54, 1.807) is 36.4 Å². The van der Waals surface area contributed by atoms with Crippen molar-refractivity contribution in [2.45, 2.75) is 9.79 Å². The molecular formula is C29H26N10O8S2. The third-order valence-corrected chi connectivity index (χ3v) is 8.01. The fourth-order valence-electron chi connectivity index (χ4n) is 4.08. The maximum absolute atomic E-state index is 11.4. The zero-order valence-electron chi connectivity index (χ0n) is 25.5. The predicted octanol–water partition coefficient (Wildman–Crippen LogP) is 6.28. The Morgan fingerprint density at radius 1 is 0.592 bits per heavy atom. The molecule has 0 aliphatic carbocycles. The summed E-state index contributed by atoms with van der Waals surface area (Å²) in [6.45, 7) is 0. The minimum Gasteiger partial charge on any atom is -0.494 e. The minimum absolute atomic E-state index is 0.0706. The van der Waals surface area contributed by atoms with Crippen molar-refractivity contribution in [3.63, 3.8) is 0 Å². The Morgan fingerprint density at radius 2 is 0.980 bits per heavy atom.